The highest BCUT2D eigenvalue weighted by molar-refractivity contribution is 7.90. The highest BCUT2D eigenvalue weighted by atomic mass is 32.2. The molecule has 2 N–H and O–H groups in total. The summed E-state index contributed by atoms with van der Waals surface area (Å²) in [5, 5.41) is 0. The average Bonchev–Trinajstić information content (AvgIpc) is 3.33. The van der Waals surface area contributed by atoms with E-state index in [1.54, 1.807) is 24.3 Å². The van der Waals surface area contributed by atoms with Gasteiger partial charge in [-0.1, -0.05) is 36.4 Å². The molecule has 0 saturated carbocycles. The van der Waals surface area contributed by atoms with Crippen molar-refractivity contribution in [2.45, 2.75) is 38.4 Å². The van der Waals surface area contributed by atoms with E-state index in [4.69, 9.17) is 9.47 Å². The Morgan fingerprint density at radius 3 is 2.41 bits per heavy atom. The molecule has 2 fully saturated rings. The average molecular weight is 552 g/mol. The number of piperidine rings is 1. The van der Waals surface area contributed by atoms with Crippen molar-refractivity contribution in [3.8, 4) is 11.6 Å². The highest BCUT2D eigenvalue weighted by Crippen LogP contribution is 2.33. The molecule has 5 rings (SSSR count). The number of aryl methyl sites for hydroxylation is 1. The number of likely N-dealkylation sites (tertiary alicyclic amines) is 1. The van der Waals surface area contributed by atoms with Crippen LogP contribution in [0.5, 0.6) is 11.6 Å². The SMILES string of the molecule is CNS(=O)(=O)Nc1ccc(Oc2ccc(CN3CCC(N4C(=O)OC[C@H]4c4ccccc4)CC3)c(C)n2)cc1. The van der Waals surface area contributed by atoms with Gasteiger partial charge in [-0.05, 0) is 55.2 Å². The fourth-order valence-corrected chi connectivity index (χ4v) is 5.62. The maximum absolute atomic E-state index is 12.6. The van der Waals surface area contributed by atoms with Crippen LogP contribution in [0.25, 0.3) is 0 Å². The lowest BCUT2D eigenvalue weighted by Gasteiger charge is -2.38. The van der Waals surface area contributed by atoms with Crippen LogP contribution in [-0.4, -0.2) is 62.1 Å². The van der Waals surface area contributed by atoms with E-state index < -0.39 is 10.2 Å². The summed E-state index contributed by atoms with van der Waals surface area (Å²) in [4.78, 5) is 21.5. The molecule has 2 aliphatic rings. The normalized spacial score (nSPS) is 18.7. The van der Waals surface area contributed by atoms with Crippen LogP contribution in [0.1, 0.15) is 35.7 Å². The number of cyclic esters (lactones) is 1. The summed E-state index contributed by atoms with van der Waals surface area (Å²) in [7, 11) is -2.23. The number of aromatic nitrogens is 1. The largest absolute Gasteiger partial charge is 0.447 e. The van der Waals surface area contributed by atoms with E-state index in [1.807, 2.05) is 42.2 Å². The van der Waals surface area contributed by atoms with Crippen LogP contribution in [0.3, 0.4) is 0 Å². The summed E-state index contributed by atoms with van der Waals surface area (Å²) >= 11 is 0. The van der Waals surface area contributed by atoms with Crippen molar-refractivity contribution in [3.63, 3.8) is 0 Å². The number of benzene rings is 2. The first-order valence-corrected chi connectivity index (χ1v) is 14.5. The summed E-state index contributed by atoms with van der Waals surface area (Å²) in [5.41, 5.74) is 3.56. The summed E-state index contributed by atoms with van der Waals surface area (Å²) in [5.74, 6) is 1.02. The topological polar surface area (TPSA) is 113 Å². The van der Waals surface area contributed by atoms with Gasteiger partial charge in [0.05, 0.1) is 11.7 Å². The first kappa shape index (κ1) is 26.9. The molecule has 11 heteroatoms. The Morgan fingerprint density at radius 2 is 1.74 bits per heavy atom. The van der Waals surface area contributed by atoms with Crippen molar-refractivity contribution in [2.24, 2.45) is 0 Å². The van der Waals surface area contributed by atoms with Crippen LogP contribution in [-0.2, 0) is 21.5 Å². The van der Waals surface area contributed by atoms with E-state index in [0.717, 1.165) is 49.3 Å². The summed E-state index contributed by atoms with van der Waals surface area (Å²) in [6, 6.07) is 20.7. The summed E-state index contributed by atoms with van der Waals surface area (Å²) in [6.45, 7) is 4.92. The molecule has 0 bridgehead atoms. The number of amides is 1. The van der Waals surface area contributed by atoms with Gasteiger partial charge in [0.1, 0.15) is 12.4 Å². The van der Waals surface area contributed by atoms with E-state index in [1.165, 1.54) is 7.05 Å². The van der Waals surface area contributed by atoms with E-state index in [-0.39, 0.29) is 18.2 Å². The Labute approximate surface area is 229 Å². The molecule has 1 aromatic heterocycles. The van der Waals surface area contributed by atoms with Crippen molar-refractivity contribution < 1.29 is 22.7 Å². The quantitative estimate of drug-likeness (QED) is 0.410. The Kier molecular flexibility index (Phi) is 8.01. The summed E-state index contributed by atoms with van der Waals surface area (Å²) in [6.07, 6.45) is 1.57. The minimum absolute atomic E-state index is 0.0249. The lowest BCUT2D eigenvalue weighted by atomic mass is 9.98. The Balaban J connectivity index is 1.15. The number of ether oxygens (including phenoxy) is 2. The van der Waals surface area contributed by atoms with Crippen molar-refractivity contribution >= 4 is 22.0 Å². The molecule has 2 aromatic carbocycles. The Hall–Kier alpha value is -3.67. The third kappa shape index (κ3) is 6.49. The van der Waals surface area contributed by atoms with Gasteiger partial charge in [-0.15, -0.1) is 0 Å². The van der Waals surface area contributed by atoms with Gasteiger partial charge >= 0.3 is 6.09 Å². The van der Waals surface area contributed by atoms with Crippen molar-refractivity contribution in [1.29, 1.82) is 0 Å². The third-order valence-corrected chi connectivity index (χ3v) is 8.25. The standard InChI is InChI=1S/C28H33N5O5S/c1-20-22(8-13-27(30-20)38-25-11-9-23(10-12-25)31-39(35,36)29-2)18-32-16-14-24(15-17-32)33-26(19-37-28(33)34)21-6-4-3-5-7-21/h3-13,24,26,29,31H,14-19H2,1-2H3/t26-/m0/s1. The number of anilines is 1. The van der Waals surface area contributed by atoms with Crippen LogP contribution in [0.15, 0.2) is 66.7 Å². The fourth-order valence-electron chi connectivity index (χ4n) is 5.07. The second kappa shape index (κ2) is 11.6. The lowest BCUT2D eigenvalue weighted by molar-refractivity contribution is 0.104. The minimum Gasteiger partial charge on any atom is -0.447 e. The zero-order valence-corrected chi connectivity index (χ0v) is 22.9. The molecule has 0 unspecified atom stereocenters. The second-order valence-electron chi connectivity index (χ2n) is 9.75. The monoisotopic (exact) mass is 551 g/mol. The smallest absolute Gasteiger partial charge is 0.410 e. The first-order chi connectivity index (χ1) is 18.8. The van der Waals surface area contributed by atoms with Crippen molar-refractivity contribution in [3.05, 3.63) is 83.6 Å². The van der Waals surface area contributed by atoms with Gasteiger partial charge in [0.2, 0.25) is 5.88 Å². The van der Waals surface area contributed by atoms with Crippen LogP contribution in [0.4, 0.5) is 10.5 Å². The number of carbonyl (C=O) groups is 1. The van der Waals surface area contributed by atoms with Crippen LogP contribution in [0, 0.1) is 6.92 Å². The summed E-state index contributed by atoms with van der Waals surface area (Å²) < 4.78 is 39.2. The van der Waals surface area contributed by atoms with Gasteiger partial charge < -0.3 is 9.47 Å². The molecule has 39 heavy (non-hydrogen) atoms. The molecule has 0 radical (unpaired) electrons. The molecule has 3 aromatic rings. The predicted molar refractivity (Wildman–Crippen MR) is 148 cm³/mol. The predicted octanol–water partition coefficient (Wildman–Crippen LogP) is 4.22. The molecule has 2 aliphatic heterocycles. The van der Waals surface area contributed by atoms with Gasteiger partial charge in [-0.25, -0.2) is 14.5 Å². The van der Waals surface area contributed by atoms with E-state index in [0.29, 0.717) is 23.9 Å². The molecule has 0 aliphatic carbocycles. The van der Waals surface area contributed by atoms with E-state index in [2.05, 4.69) is 31.5 Å². The van der Waals surface area contributed by atoms with Crippen LogP contribution < -0.4 is 14.2 Å². The van der Waals surface area contributed by atoms with Gasteiger partial charge in [0.25, 0.3) is 10.2 Å². The van der Waals surface area contributed by atoms with Gasteiger partial charge in [0.15, 0.2) is 0 Å². The first-order valence-electron chi connectivity index (χ1n) is 13.0. The molecule has 1 atom stereocenters. The number of nitrogens with one attached hydrogen (secondary N) is 2. The number of pyridine rings is 1. The molecule has 206 valence electrons. The number of rotatable bonds is 9. The van der Waals surface area contributed by atoms with Gasteiger partial charge in [-0.3, -0.25) is 14.5 Å². The number of nitrogens with zero attached hydrogens (tertiary/aromatic N) is 3. The zero-order chi connectivity index (χ0) is 27.4. The molecular weight excluding hydrogens is 518 g/mol. The highest BCUT2D eigenvalue weighted by Gasteiger charge is 2.40. The number of hydrogen-bond acceptors (Lipinski definition) is 7. The maximum atomic E-state index is 12.6. The molecule has 10 nitrogen and oxygen atoms in total. The molecule has 0 spiro atoms. The Bertz CT molecular complexity index is 1390. The lowest BCUT2D eigenvalue weighted by Crippen LogP contribution is -2.46. The zero-order valence-electron chi connectivity index (χ0n) is 22.0. The van der Waals surface area contributed by atoms with Crippen molar-refractivity contribution in [1.82, 2.24) is 19.5 Å². The maximum Gasteiger partial charge on any atom is 0.410 e. The van der Waals surface area contributed by atoms with Crippen molar-refractivity contribution in [2.75, 3.05) is 31.5 Å². The fraction of sp³-hybridized carbons (Fsp3) is 0.357. The molecule has 1 amide bonds. The second-order valence-corrected chi connectivity index (χ2v) is 11.4. The third-order valence-electron chi connectivity index (χ3n) is 7.21. The number of hydrogen-bond donors (Lipinski definition) is 2. The molecular formula is C28H33N5O5S. The minimum atomic E-state index is -3.57. The molecule has 3 heterocycles. The van der Waals surface area contributed by atoms with E-state index >= 15 is 0 Å². The number of carbonyl (C=O) groups excluding carboxylic acids is 1. The van der Waals surface area contributed by atoms with Crippen LogP contribution >= 0.6 is 0 Å². The van der Waals surface area contributed by atoms with Gasteiger partial charge in [0, 0.05) is 44.5 Å². The van der Waals surface area contributed by atoms with Gasteiger partial charge in [-0.2, -0.15) is 8.42 Å². The molecule has 2 saturated heterocycles. The van der Waals surface area contributed by atoms with E-state index in [9.17, 15) is 13.2 Å². The Morgan fingerprint density at radius 1 is 1.03 bits per heavy atom. The van der Waals surface area contributed by atoms with Crippen LogP contribution in [0.2, 0.25) is 0 Å².